The first kappa shape index (κ1) is 14.2. The Kier molecular flexibility index (Phi) is 4.32. The van der Waals surface area contributed by atoms with Gasteiger partial charge in [-0.05, 0) is 30.7 Å². The minimum Gasteiger partial charge on any atom is -0.294 e. The van der Waals surface area contributed by atoms with Crippen LogP contribution >= 0.6 is 22.9 Å². The summed E-state index contributed by atoms with van der Waals surface area (Å²) in [6, 6.07) is 5.46. The van der Waals surface area contributed by atoms with Crippen LogP contribution in [0.5, 0.6) is 0 Å². The van der Waals surface area contributed by atoms with E-state index in [1.807, 2.05) is 19.1 Å². The maximum Gasteiger partial charge on any atom is 0.171 e. The largest absolute Gasteiger partial charge is 0.294 e. The summed E-state index contributed by atoms with van der Waals surface area (Å²) >= 11 is 6.95. The summed E-state index contributed by atoms with van der Waals surface area (Å²) in [7, 11) is 0. The number of halogens is 3. The Bertz CT molecular complexity index is 622. The van der Waals surface area contributed by atoms with Crippen molar-refractivity contribution in [3.8, 4) is 0 Å². The van der Waals surface area contributed by atoms with Gasteiger partial charge in [0.15, 0.2) is 5.78 Å². The van der Waals surface area contributed by atoms with Crippen LogP contribution in [0.3, 0.4) is 0 Å². The molecule has 0 saturated heterocycles. The van der Waals surface area contributed by atoms with Crippen molar-refractivity contribution in [1.29, 1.82) is 0 Å². The van der Waals surface area contributed by atoms with Crippen LogP contribution in [0.1, 0.15) is 27.0 Å². The van der Waals surface area contributed by atoms with E-state index in [9.17, 15) is 13.6 Å². The zero-order valence-corrected chi connectivity index (χ0v) is 11.7. The van der Waals surface area contributed by atoms with Gasteiger partial charge in [0, 0.05) is 16.2 Å². The fraction of sp³-hybridized carbons (Fsp3) is 0.214. The number of thiophene rings is 1. The molecule has 0 radical (unpaired) electrons. The van der Waals surface area contributed by atoms with E-state index in [-0.39, 0.29) is 17.0 Å². The van der Waals surface area contributed by atoms with Crippen LogP contribution in [0.25, 0.3) is 0 Å². The number of hydrogen-bond donors (Lipinski definition) is 0. The molecule has 0 bridgehead atoms. The highest BCUT2D eigenvalue weighted by molar-refractivity contribution is 7.12. The number of ketones is 1. The molecule has 0 unspecified atom stereocenters. The smallest absolute Gasteiger partial charge is 0.171 e. The fourth-order valence-electron chi connectivity index (χ4n) is 1.70. The highest BCUT2D eigenvalue weighted by Crippen LogP contribution is 2.23. The second-order valence-electron chi connectivity index (χ2n) is 4.07. The summed E-state index contributed by atoms with van der Waals surface area (Å²) in [5, 5.41) is -0.321. The molecule has 0 aliphatic rings. The van der Waals surface area contributed by atoms with E-state index >= 15 is 0 Å². The van der Waals surface area contributed by atoms with Crippen LogP contribution in [0.15, 0.2) is 24.3 Å². The van der Waals surface area contributed by atoms with Gasteiger partial charge in [0.05, 0.1) is 10.6 Å². The molecule has 0 aliphatic heterocycles. The zero-order valence-electron chi connectivity index (χ0n) is 10.2. The molecule has 0 N–H and O–H groups in total. The molecule has 2 aromatic rings. The molecular weight excluding hydrogens is 290 g/mol. The third kappa shape index (κ3) is 3.19. The Morgan fingerprint density at radius 1 is 1.21 bits per heavy atom. The van der Waals surface area contributed by atoms with Gasteiger partial charge >= 0.3 is 0 Å². The average Bonchev–Trinajstić information content (AvgIpc) is 2.81. The molecule has 0 amide bonds. The predicted molar refractivity (Wildman–Crippen MR) is 73.1 cm³/mol. The van der Waals surface area contributed by atoms with Crippen molar-refractivity contribution in [3.63, 3.8) is 0 Å². The molecule has 1 aromatic carbocycles. The third-order valence-electron chi connectivity index (χ3n) is 2.71. The lowest BCUT2D eigenvalue weighted by Gasteiger charge is -2.03. The standard InChI is InChI=1S/C14H11ClF2OS/c1-2-8-3-4-9(19-8)5-14(18)10-6-13(17)11(15)7-12(10)16/h3-4,6-7H,2,5H2,1H3. The second-order valence-corrected chi connectivity index (χ2v) is 5.73. The van der Waals surface area contributed by atoms with Gasteiger partial charge in [0.25, 0.3) is 0 Å². The maximum absolute atomic E-state index is 13.6. The van der Waals surface area contributed by atoms with Crippen LogP contribution < -0.4 is 0 Å². The van der Waals surface area contributed by atoms with E-state index in [2.05, 4.69) is 0 Å². The molecule has 2 rings (SSSR count). The van der Waals surface area contributed by atoms with Gasteiger partial charge in [-0.1, -0.05) is 18.5 Å². The van der Waals surface area contributed by atoms with E-state index < -0.39 is 17.4 Å². The van der Waals surface area contributed by atoms with E-state index in [1.54, 1.807) is 0 Å². The van der Waals surface area contributed by atoms with Gasteiger partial charge in [-0.15, -0.1) is 11.3 Å². The Morgan fingerprint density at radius 3 is 2.53 bits per heavy atom. The van der Waals surface area contributed by atoms with Gasteiger partial charge in [0.2, 0.25) is 0 Å². The van der Waals surface area contributed by atoms with Crippen molar-refractivity contribution >= 4 is 28.7 Å². The van der Waals surface area contributed by atoms with Crippen LogP contribution in [0.2, 0.25) is 5.02 Å². The van der Waals surface area contributed by atoms with Crippen LogP contribution in [0.4, 0.5) is 8.78 Å². The van der Waals surface area contributed by atoms with Crippen LogP contribution in [-0.2, 0) is 12.8 Å². The summed E-state index contributed by atoms with van der Waals surface area (Å²) in [6.45, 7) is 2.02. The lowest BCUT2D eigenvalue weighted by atomic mass is 10.1. The summed E-state index contributed by atoms with van der Waals surface area (Å²) < 4.78 is 26.9. The van der Waals surface area contributed by atoms with Gasteiger partial charge < -0.3 is 0 Å². The first-order chi connectivity index (χ1) is 9.01. The Hall–Kier alpha value is -1.26. The molecule has 19 heavy (non-hydrogen) atoms. The zero-order chi connectivity index (χ0) is 14.0. The number of carbonyl (C=O) groups excluding carboxylic acids is 1. The van der Waals surface area contributed by atoms with E-state index in [0.29, 0.717) is 0 Å². The van der Waals surface area contributed by atoms with Crippen molar-refractivity contribution in [1.82, 2.24) is 0 Å². The lowest BCUT2D eigenvalue weighted by molar-refractivity contribution is 0.0989. The molecular formula is C14H11ClF2OS. The lowest BCUT2D eigenvalue weighted by Crippen LogP contribution is -2.06. The third-order valence-corrected chi connectivity index (χ3v) is 4.23. The highest BCUT2D eigenvalue weighted by atomic mass is 35.5. The predicted octanol–water partition coefficient (Wildman–Crippen LogP) is 4.67. The van der Waals surface area contributed by atoms with Crippen molar-refractivity contribution in [2.24, 2.45) is 0 Å². The molecule has 1 heterocycles. The Morgan fingerprint density at radius 2 is 1.89 bits per heavy atom. The number of hydrogen-bond acceptors (Lipinski definition) is 2. The quantitative estimate of drug-likeness (QED) is 0.592. The molecule has 1 nitrogen and oxygen atoms in total. The SMILES string of the molecule is CCc1ccc(CC(=O)c2cc(F)c(Cl)cc2F)s1. The molecule has 0 aliphatic carbocycles. The maximum atomic E-state index is 13.6. The topological polar surface area (TPSA) is 17.1 Å². The van der Waals surface area contributed by atoms with Crippen molar-refractivity contribution in [3.05, 3.63) is 56.2 Å². The normalized spacial score (nSPS) is 10.7. The Balaban J connectivity index is 2.22. The molecule has 0 fully saturated rings. The van der Waals surface area contributed by atoms with Crippen molar-refractivity contribution in [2.45, 2.75) is 19.8 Å². The second kappa shape index (κ2) is 5.80. The van der Waals surface area contributed by atoms with E-state index in [1.165, 1.54) is 11.3 Å². The number of carbonyl (C=O) groups is 1. The van der Waals surface area contributed by atoms with Gasteiger partial charge in [-0.2, -0.15) is 0 Å². The average molecular weight is 301 g/mol. The monoisotopic (exact) mass is 300 g/mol. The summed E-state index contributed by atoms with van der Waals surface area (Å²) in [6.07, 6.45) is 0.964. The molecule has 0 spiro atoms. The first-order valence-electron chi connectivity index (χ1n) is 5.76. The number of rotatable bonds is 4. The molecule has 0 atom stereocenters. The molecule has 0 saturated carbocycles. The Labute approximate surface area is 118 Å². The van der Waals surface area contributed by atoms with E-state index in [4.69, 9.17) is 11.6 Å². The van der Waals surface area contributed by atoms with E-state index in [0.717, 1.165) is 28.3 Å². The van der Waals surface area contributed by atoms with Gasteiger partial charge in [0.1, 0.15) is 11.6 Å². The summed E-state index contributed by atoms with van der Waals surface area (Å²) in [5.41, 5.74) is -0.256. The number of benzene rings is 1. The minimum atomic E-state index is -0.788. The fourth-order valence-corrected chi connectivity index (χ4v) is 2.80. The molecule has 5 heteroatoms. The highest BCUT2D eigenvalue weighted by Gasteiger charge is 2.16. The molecule has 1 aromatic heterocycles. The van der Waals surface area contributed by atoms with Crippen LogP contribution in [0, 0.1) is 11.6 Å². The van der Waals surface area contributed by atoms with Crippen molar-refractivity contribution in [2.75, 3.05) is 0 Å². The van der Waals surface area contributed by atoms with Gasteiger partial charge in [-0.25, -0.2) is 8.78 Å². The number of Topliss-reactive ketones (excluding diaryl/α,β-unsaturated/α-hetero) is 1. The first-order valence-corrected chi connectivity index (χ1v) is 6.96. The van der Waals surface area contributed by atoms with Crippen molar-refractivity contribution < 1.29 is 13.6 Å². The number of aryl methyl sites for hydroxylation is 1. The summed E-state index contributed by atoms with van der Waals surface area (Å²) in [4.78, 5) is 14.0. The molecule has 100 valence electrons. The minimum absolute atomic E-state index is 0.0721. The van der Waals surface area contributed by atoms with Gasteiger partial charge in [-0.3, -0.25) is 4.79 Å². The summed E-state index contributed by atoms with van der Waals surface area (Å²) in [5.74, 6) is -2.02. The van der Waals surface area contributed by atoms with Crippen LogP contribution in [-0.4, -0.2) is 5.78 Å².